The molecule has 0 atom stereocenters. The molecule has 162 valence electrons. The third-order valence-corrected chi connectivity index (χ3v) is 4.81. The Morgan fingerprint density at radius 1 is 0.593 bits per heavy atom. The molecule has 0 saturated heterocycles. The van der Waals surface area contributed by atoms with E-state index in [4.69, 9.17) is 5.73 Å². The van der Waals surface area contributed by atoms with Crippen LogP contribution in [0.5, 0.6) is 0 Å². The normalized spacial score (nSPS) is 11.7. The molecule has 0 aromatic carbocycles. The third-order valence-electron chi connectivity index (χ3n) is 4.81. The predicted octanol–water partition coefficient (Wildman–Crippen LogP) is 6.68. The smallest absolute Gasteiger partial charge is 0.459 e. The van der Waals surface area contributed by atoms with Crippen LogP contribution in [0.25, 0.3) is 0 Å². The van der Waals surface area contributed by atoms with E-state index in [1.807, 2.05) is 0 Å². The molecule has 0 aliphatic carbocycles. The molecule has 0 aromatic heterocycles. The van der Waals surface area contributed by atoms with Crippen molar-refractivity contribution in [3.63, 3.8) is 0 Å². The number of alkyl halides is 3. The summed E-state index contributed by atoms with van der Waals surface area (Å²) in [6, 6.07) is 0. The molecule has 0 aromatic rings. The van der Waals surface area contributed by atoms with Gasteiger partial charge in [0.2, 0.25) is 0 Å². The maximum atomic E-state index is 11.9. The van der Waals surface area contributed by atoms with Crippen molar-refractivity contribution in [1.82, 2.24) is 0 Å². The summed E-state index contributed by atoms with van der Waals surface area (Å²) in [5, 5.41) is 0. The van der Waals surface area contributed by atoms with Gasteiger partial charge in [0.15, 0.2) is 0 Å². The molecule has 0 aliphatic rings. The summed E-state index contributed by atoms with van der Waals surface area (Å²) in [7, 11) is 0. The van der Waals surface area contributed by atoms with Gasteiger partial charge in [0.1, 0.15) is 0 Å². The molecular formula is C21H40F3NO2. The van der Waals surface area contributed by atoms with Gasteiger partial charge in [-0.05, 0) is 19.4 Å². The minimum absolute atomic E-state index is 0.133. The molecule has 0 unspecified atom stereocenters. The molecule has 0 radical (unpaired) electrons. The molecule has 0 aliphatic heterocycles. The Bertz CT molecular complexity index is 336. The Balaban J connectivity index is 3.10. The highest BCUT2D eigenvalue weighted by atomic mass is 19.4. The molecule has 3 nitrogen and oxygen atoms in total. The number of hydrogen-bond acceptors (Lipinski definition) is 3. The fourth-order valence-corrected chi connectivity index (χ4v) is 3.14. The fraction of sp³-hybridized carbons (Fsp3) is 0.952. The average molecular weight is 396 g/mol. The zero-order valence-corrected chi connectivity index (χ0v) is 17.0. The molecule has 2 N–H and O–H groups in total. The second-order valence-electron chi connectivity index (χ2n) is 7.43. The van der Waals surface area contributed by atoms with Gasteiger partial charge in [0.05, 0.1) is 6.61 Å². The predicted molar refractivity (Wildman–Crippen MR) is 105 cm³/mol. The van der Waals surface area contributed by atoms with Crippen LogP contribution in [-0.2, 0) is 9.53 Å². The van der Waals surface area contributed by atoms with Crippen LogP contribution in [-0.4, -0.2) is 25.3 Å². The Kier molecular flexibility index (Phi) is 18.0. The number of carbonyl (C=O) groups is 1. The van der Waals surface area contributed by atoms with E-state index in [2.05, 4.69) is 4.74 Å². The first kappa shape index (κ1) is 26.2. The lowest BCUT2D eigenvalue weighted by molar-refractivity contribution is -0.199. The number of nitrogens with two attached hydrogens (primary N) is 1. The van der Waals surface area contributed by atoms with Crippen LogP contribution in [0.4, 0.5) is 13.2 Å². The van der Waals surface area contributed by atoms with Gasteiger partial charge in [0.25, 0.3) is 0 Å². The molecule has 6 heteroatoms. The average Bonchev–Trinajstić information content (AvgIpc) is 2.62. The van der Waals surface area contributed by atoms with Gasteiger partial charge in [-0.2, -0.15) is 13.2 Å². The van der Waals surface area contributed by atoms with Crippen LogP contribution in [0.2, 0.25) is 0 Å². The van der Waals surface area contributed by atoms with Crippen molar-refractivity contribution in [1.29, 1.82) is 0 Å². The van der Waals surface area contributed by atoms with Crippen LogP contribution < -0.4 is 5.73 Å². The summed E-state index contributed by atoms with van der Waals surface area (Å²) < 4.78 is 39.9. The first-order chi connectivity index (χ1) is 13.0. The van der Waals surface area contributed by atoms with E-state index in [-0.39, 0.29) is 6.61 Å². The number of carbonyl (C=O) groups excluding carboxylic acids is 1. The van der Waals surface area contributed by atoms with Gasteiger partial charge in [-0.1, -0.05) is 96.3 Å². The van der Waals surface area contributed by atoms with Crippen molar-refractivity contribution in [3.05, 3.63) is 0 Å². The van der Waals surface area contributed by atoms with E-state index >= 15 is 0 Å². The lowest BCUT2D eigenvalue weighted by Gasteiger charge is -2.07. The van der Waals surface area contributed by atoms with Crippen molar-refractivity contribution >= 4 is 5.97 Å². The Labute approximate surface area is 163 Å². The molecule has 0 fully saturated rings. The summed E-state index contributed by atoms with van der Waals surface area (Å²) in [6.45, 7) is 0.689. The highest BCUT2D eigenvalue weighted by molar-refractivity contribution is 5.75. The summed E-state index contributed by atoms with van der Waals surface area (Å²) in [4.78, 5) is 10.5. The van der Waals surface area contributed by atoms with Gasteiger partial charge in [0, 0.05) is 0 Å². The van der Waals surface area contributed by atoms with Crippen LogP contribution in [0.1, 0.15) is 109 Å². The van der Waals surface area contributed by atoms with E-state index in [0.717, 1.165) is 32.2 Å². The number of halogens is 3. The second-order valence-corrected chi connectivity index (χ2v) is 7.43. The SMILES string of the molecule is NCCCCCCCCCCCCCCCCCCCOC(=O)C(F)(F)F. The minimum Gasteiger partial charge on any atom is -0.459 e. The molecule has 0 bridgehead atoms. The van der Waals surface area contributed by atoms with Crippen molar-refractivity contribution < 1.29 is 22.7 Å². The first-order valence-electron chi connectivity index (χ1n) is 10.9. The van der Waals surface area contributed by atoms with Crippen molar-refractivity contribution in [2.45, 2.75) is 115 Å². The lowest BCUT2D eigenvalue weighted by atomic mass is 10.0. The van der Waals surface area contributed by atoms with Crippen LogP contribution in [0.3, 0.4) is 0 Å². The van der Waals surface area contributed by atoms with Gasteiger partial charge in [-0.25, -0.2) is 4.79 Å². The third kappa shape index (κ3) is 19.8. The fourth-order valence-electron chi connectivity index (χ4n) is 3.14. The maximum Gasteiger partial charge on any atom is 0.490 e. The zero-order valence-electron chi connectivity index (χ0n) is 17.0. The summed E-state index contributed by atoms with van der Waals surface area (Å²) in [5.41, 5.74) is 5.48. The van der Waals surface area contributed by atoms with Crippen molar-refractivity contribution in [3.8, 4) is 0 Å². The topological polar surface area (TPSA) is 52.3 Å². The second kappa shape index (κ2) is 18.6. The number of rotatable bonds is 19. The maximum absolute atomic E-state index is 11.9. The summed E-state index contributed by atoms with van der Waals surface area (Å²) in [6.07, 6.45) is 15.5. The van der Waals surface area contributed by atoms with Crippen LogP contribution >= 0.6 is 0 Å². The monoisotopic (exact) mass is 395 g/mol. The van der Waals surface area contributed by atoms with Gasteiger partial charge in [-0.3, -0.25) is 0 Å². The van der Waals surface area contributed by atoms with Crippen molar-refractivity contribution in [2.75, 3.05) is 13.2 Å². The molecule has 27 heavy (non-hydrogen) atoms. The van der Waals surface area contributed by atoms with E-state index in [0.29, 0.717) is 6.42 Å². The number of unbranched alkanes of at least 4 members (excludes halogenated alkanes) is 16. The van der Waals surface area contributed by atoms with Crippen LogP contribution in [0, 0.1) is 0 Å². The van der Waals surface area contributed by atoms with Gasteiger partial charge < -0.3 is 10.5 Å². The van der Waals surface area contributed by atoms with Crippen molar-refractivity contribution in [2.24, 2.45) is 5.73 Å². The lowest BCUT2D eigenvalue weighted by Crippen LogP contribution is -2.25. The Hall–Kier alpha value is -0.780. The molecule has 0 rings (SSSR count). The number of ether oxygens (including phenoxy) is 1. The van der Waals surface area contributed by atoms with E-state index in [9.17, 15) is 18.0 Å². The highest BCUT2D eigenvalue weighted by Crippen LogP contribution is 2.17. The molecule has 0 spiro atoms. The number of hydrogen-bond donors (Lipinski definition) is 1. The molecular weight excluding hydrogens is 355 g/mol. The van der Waals surface area contributed by atoms with Gasteiger partial charge >= 0.3 is 12.1 Å². The minimum atomic E-state index is -4.87. The quantitative estimate of drug-likeness (QED) is 0.196. The van der Waals surface area contributed by atoms with E-state index < -0.39 is 12.1 Å². The Morgan fingerprint density at radius 2 is 0.889 bits per heavy atom. The van der Waals surface area contributed by atoms with Gasteiger partial charge in [-0.15, -0.1) is 0 Å². The molecule has 0 saturated carbocycles. The standard InChI is InChI=1S/C21H40F3NO2/c22-21(23,24)20(26)27-19-17-15-13-11-9-7-5-3-1-2-4-6-8-10-12-14-16-18-25/h1-19,25H2. The zero-order chi connectivity index (χ0) is 20.2. The summed E-state index contributed by atoms with van der Waals surface area (Å²) in [5.74, 6) is -2.08. The largest absolute Gasteiger partial charge is 0.490 e. The Morgan fingerprint density at radius 3 is 1.19 bits per heavy atom. The number of esters is 1. The summed E-state index contributed by atoms with van der Waals surface area (Å²) >= 11 is 0. The van der Waals surface area contributed by atoms with E-state index in [1.54, 1.807) is 0 Å². The van der Waals surface area contributed by atoms with Crippen LogP contribution in [0.15, 0.2) is 0 Å². The molecule has 0 amide bonds. The van der Waals surface area contributed by atoms with E-state index in [1.165, 1.54) is 77.0 Å². The highest BCUT2D eigenvalue weighted by Gasteiger charge is 2.40. The first-order valence-corrected chi connectivity index (χ1v) is 10.9. The molecule has 0 heterocycles.